The monoisotopic (exact) mass is 426 g/mol. The molecule has 162 valence electrons. The van der Waals surface area contributed by atoms with E-state index in [1.54, 1.807) is 6.20 Å². The molecule has 0 aliphatic heterocycles. The molecule has 32 heavy (non-hydrogen) atoms. The first kappa shape index (κ1) is 21.6. The summed E-state index contributed by atoms with van der Waals surface area (Å²) >= 11 is 0. The van der Waals surface area contributed by atoms with Crippen LogP contribution >= 0.6 is 0 Å². The molecule has 1 saturated carbocycles. The first-order chi connectivity index (χ1) is 15.5. The second kappa shape index (κ2) is 9.23. The van der Waals surface area contributed by atoms with Gasteiger partial charge in [-0.2, -0.15) is 5.26 Å². The lowest BCUT2D eigenvalue weighted by atomic mass is 9.95. The highest BCUT2D eigenvalue weighted by molar-refractivity contribution is 5.70. The zero-order valence-corrected chi connectivity index (χ0v) is 18.1. The number of carbonyl (C=O) groups is 1. The van der Waals surface area contributed by atoms with Crippen molar-refractivity contribution in [1.82, 2.24) is 4.98 Å². The maximum absolute atomic E-state index is 11.3. The fraction of sp³-hybridized carbons (Fsp3) is 0.296. The highest BCUT2D eigenvalue weighted by atomic mass is 16.5. The van der Waals surface area contributed by atoms with Gasteiger partial charge in [0.05, 0.1) is 23.1 Å². The highest BCUT2D eigenvalue weighted by Crippen LogP contribution is 2.47. The van der Waals surface area contributed by atoms with E-state index in [4.69, 9.17) is 4.74 Å². The molecule has 0 spiro atoms. The minimum Gasteiger partial charge on any atom is -0.489 e. The van der Waals surface area contributed by atoms with Crippen molar-refractivity contribution in [2.75, 3.05) is 0 Å². The van der Waals surface area contributed by atoms with Crippen LogP contribution in [0.4, 0.5) is 0 Å². The molecule has 1 atom stereocenters. The van der Waals surface area contributed by atoms with E-state index in [2.05, 4.69) is 11.1 Å². The van der Waals surface area contributed by atoms with Gasteiger partial charge in [-0.05, 0) is 55.0 Å². The van der Waals surface area contributed by atoms with Gasteiger partial charge in [-0.3, -0.25) is 9.78 Å². The zero-order valence-electron chi connectivity index (χ0n) is 18.1. The van der Waals surface area contributed by atoms with Crippen molar-refractivity contribution >= 4 is 5.97 Å². The SMILES string of the molecule is CCC(Cc1ccc(OCc2cccnc2-c2ccc(C3(C#N)CC3)cc2)cc1)C(=O)O. The Morgan fingerprint density at radius 2 is 1.88 bits per heavy atom. The number of rotatable bonds is 9. The summed E-state index contributed by atoms with van der Waals surface area (Å²) in [5.74, 6) is -0.397. The van der Waals surface area contributed by atoms with Crippen molar-refractivity contribution in [1.29, 1.82) is 5.26 Å². The van der Waals surface area contributed by atoms with Gasteiger partial charge in [0.25, 0.3) is 0 Å². The van der Waals surface area contributed by atoms with Gasteiger partial charge in [-0.25, -0.2) is 0 Å². The Bertz CT molecular complexity index is 1130. The number of carboxylic acid groups (broad SMARTS) is 1. The van der Waals surface area contributed by atoms with Crippen LogP contribution in [0.5, 0.6) is 5.75 Å². The van der Waals surface area contributed by atoms with Gasteiger partial charge in [0.2, 0.25) is 0 Å². The fourth-order valence-corrected chi connectivity index (χ4v) is 3.93. The van der Waals surface area contributed by atoms with E-state index < -0.39 is 5.97 Å². The molecule has 5 heteroatoms. The van der Waals surface area contributed by atoms with Crippen LogP contribution in [-0.2, 0) is 23.2 Å². The molecule has 1 aliphatic rings. The Balaban J connectivity index is 1.44. The predicted octanol–water partition coefficient (Wildman–Crippen LogP) is 5.54. The fourth-order valence-electron chi connectivity index (χ4n) is 3.93. The molecular weight excluding hydrogens is 400 g/mol. The molecule has 5 nitrogen and oxygen atoms in total. The molecule has 1 N–H and O–H groups in total. The smallest absolute Gasteiger partial charge is 0.306 e. The molecule has 1 unspecified atom stereocenters. The number of carboxylic acids is 1. The lowest BCUT2D eigenvalue weighted by Gasteiger charge is -2.13. The third kappa shape index (κ3) is 4.65. The molecule has 4 rings (SSSR count). The van der Waals surface area contributed by atoms with Crippen molar-refractivity contribution in [2.24, 2.45) is 5.92 Å². The van der Waals surface area contributed by atoms with Crippen molar-refractivity contribution in [3.05, 3.63) is 83.6 Å². The van der Waals surface area contributed by atoms with E-state index in [1.807, 2.05) is 67.6 Å². The van der Waals surface area contributed by atoms with Crippen molar-refractivity contribution in [2.45, 2.75) is 44.6 Å². The lowest BCUT2D eigenvalue weighted by Crippen LogP contribution is -2.15. The van der Waals surface area contributed by atoms with E-state index in [-0.39, 0.29) is 11.3 Å². The average molecular weight is 427 g/mol. The molecule has 0 bridgehead atoms. The van der Waals surface area contributed by atoms with Crippen molar-refractivity contribution in [3.63, 3.8) is 0 Å². The maximum Gasteiger partial charge on any atom is 0.306 e. The molecule has 0 saturated heterocycles. The number of pyridine rings is 1. The Labute approximate surface area is 188 Å². The third-order valence-electron chi connectivity index (χ3n) is 6.21. The van der Waals surface area contributed by atoms with Crippen LogP contribution in [0.15, 0.2) is 66.9 Å². The van der Waals surface area contributed by atoms with Crippen LogP contribution in [0.1, 0.15) is 42.9 Å². The highest BCUT2D eigenvalue weighted by Gasteiger charge is 2.44. The number of hydrogen-bond donors (Lipinski definition) is 1. The summed E-state index contributed by atoms with van der Waals surface area (Å²) in [6.07, 6.45) is 4.75. The second-order valence-electron chi connectivity index (χ2n) is 8.36. The van der Waals surface area contributed by atoms with Gasteiger partial charge in [-0.15, -0.1) is 0 Å². The van der Waals surface area contributed by atoms with E-state index in [0.29, 0.717) is 19.4 Å². The van der Waals surface area contributed by atoms with Gasteiger partial charge in [-0.1, -0.05) is 49.4 Å². The van der Waals surface area contributed by atoms with Crippen LogP contribution in [0.3, 0.4) is 0 Å². The van der Waals surface area contributed by atoms with Crippen LogP contribution in [0.25, 0.3) is 11.3 Å². The predicted molar refractivity (Wildman–Crippen MR) is 122 cm³/mol. The van der Waals surface area contributed by atoms with E-state index in [1.165, 1.54) is 0 Å². The van der Waals surface area contributed by atoms with E-state index >= 15 is 0 Å². The second-order valence-corrected chi connectivity index (χ2v) is 8.36. The van der Waals surface area contributed by atoms with E-state index in [9.17, 15) is 15.2 Å². The topological polar surface area (TPSA) is 83.2 Å². The van der Waals surface area contributed by atoms with E-state index in [0.717, 1.165) is 46.5 Å². The summed E-state index contributed by atoms with van der Waals surface area (Å²) in [4.78, 5) is 15.8. The summed E-state index contributed by atoms with van der Waals surface area (Å²) in [5.41, 5.74) is 4.61. The molecule has 1 aromatic heterocycles. The summed E-state index contributed by atoms with van der Waals surface area (Å²) in [6, 6.07) is 22.1. The minimum absolute atomic E-state index is 0.289. The molecule has 0 amide bonds. The van der Waals surface area contributed by atoms with Gasteiger partial charge in [0, 0.05) is 17.3 Å². The molecule has 0 radical (unpaired) electrons. The summed E-state index contributed by atoms with van der Waals surface area (Å²) in [6.45, 7) is 2.27. The number of hydrogen-bond acceptors (Lipinski definition) is 4. The van der Waals surface area contributed by atoms with Gasteiger partial charge in [0.1, 0.15) is 12.4 Å². The quantitative estimate of drug-likeness (QED) is 0.486. The number of aliphatic carboxylic acids is 1. The Hall–Kier alpha value is -3.65. The number of ether oxygens (including phenoxy) is 1. The zero-order chi connectivity index (χ0) is 22.6. The molecule has 1 aliphatic carbocycles. The van der Waals surface area contributed by atoms with Gasteiger partial charge >= 0.3 is 5.97 Å². The molecule has 1 heterocycles. The van der Waals surface area contributed by atoms with Crippen LogP contribution in [0.2, 0.25) is 0 Å². The molecular formula is C27H26N2O3. The van der Waals surface area contributed by atoms with Crippen molar-refractivity contribution in [3.8, 4) is 23.1 Å². The Morgan fingerprint density at radius 1 is 1.16 bits per heavy atom. The summed E-state index contributed by atoms with van der Waals surface area (Å²) < 4.78 is 5.99. The minimum atomic E-state index is -0.759. The standard InChI is InChI=1S/C27H26N2O3/c1-2-20(26(30)31)16-19-5-11-24(12-6-19)32-17-22-4-3-15-29-25(22)21-7-9-23(10-8-21)27(18-28)13-14-27/h3-12,15,20H,2,13-14,16-17H2,1H3,(H,30,31). The number of nitriles is 1. The number of benzene rings is 2. The summed E-state index contributed by atoms with van der Waals surface area (Å²) in [7, 11) is 0. The average Bonchev–Trinajstić information content (AvgIpc) is 3.63. The maximum atomic E-state index is 11.3. The lowest BCUT2D eigenvalue weighted by molar-refractivity contribution is -0.141. The van der Waals surface area contributed by atoms with Gasteiger partial charge in [0.15, 0.2) is 0 Å². The third-order valence-corrected chi connectivity index (χ3v) is 6.21. The molecule has 1 fully saturated rings. The largest absolute Gasteiger partial charge is 0.489 e. The van der Waals surface area contributed by atoms with Crippen LogP contribution < -0.4 is 4.74 Å². The normalized spacial score (nSPS) is 14.9. The number of nitrogens with zero attached hydrogens (tertiary/aromatic N) is 2. The van der Waals surface area contributed by atoms with Crippen LogP contribution in [0, 0.1) is 17.2 Å². The first-order valence-electron chi connectivity index (χ1n) is 11.0. The molecule has 2 aromatic carbocycles. The molecule has 3 aromatic rings. The first-order valence-corrected chi connectivity index (χ1v) is 11.0. The Kier molecular flexibility index (Phi) is 6.23. The number of aromatic nitrogens is 1. The van der Waals surface area contributed by atoms with Gasteiger partial charge < -0.3 is 9.84 Å². The summed E-state index contributed by atoms with van der Waals surface area (Å²) in [5, 5.41) is 18.7. The van der Waals surface area contributed by atoms with Crippen LogP contribution in [-0.4, -0.2) is 16.1 Å². The Morgan fingerprint density at radius 3 is 2.47 bits per heavy atom. The van der Waals surface area contributed by atoms with Crippen molar-refractivity contribution < 1.29 is 14.6 Å².